The first-order chi connectivity index (χ1) is 18.4. The predicted molar refractivity (Wildman–Crippen MR) is 140 cm³/mol. The fourth-order valence-corrected chi connectivity index (χ4v) is 4.12. The van der Waals surface area contributed by atoms with Gasteiger partial charge in [-0.15, -0.1) is 0 Å². The molecule has 0 bridgehead atoms. The van der Waals surface area contributed by atoms with Gasteiger partial charge in [-0.25, -0.2) is 4.79 Å². The average molecular weight is 516 g/mol. The van der Waals surface area contributed by atoms with E-state index in [2.05, 4.69) is 10.6 Å². The van der Waals surface area contributed by atoms with Crippen molar-refractivity contribution in [1.82, 2.24) is 10.2 Å². The molecule has 0 spiro atoms. The molecule has 0 aromatic heterocycles. The van der Waals surface area contributed by atoms with Gasteiger partial charge < -0.3 is 25.0 Å². The van der Waals surface area contributed by atoms with E-state index in [1.165, 1.54) is 24.3 Å². The average Bonchev–Trinajstić information content (AvgIpc) is 3.28. The largest absolute Gasteiger partial charge is 0.513 e. The van der Waals surface area contributed by atoms with Crippen molar-refractivity contribution in [2.24, 2.45) is 5.92 Å². The Bertz CT molecular complexity index is 1290. The fourth-order valence-electron chi connectivity index (χ4n) is 4.12. The molecule has 0 aliphatic carbocycles. The molecule has 1 saturated heterocycles. The Hall–Kier alpha value is -4.66. The van der Waals surface area contributed by atoms with E-state index in [0.717, 1.165) is 11.1 Å². The quantitative estimate of drug-likeness (QED) is 0.327. The van der Waals surface area contributed by atoms with Gasteiger partial charge in [-0.3, -0.25) is 14.4 Å². The summed E-state index contributed by atoms with van der Waals surface area (Å²) in [5.74, 6) is -0.667. The Kier molecular flexibility index (Phi) is 8.71. The number of anilines is 1. The first-order valence-corrected chi connectivity index (χ1v) is 12.4. The number of hydrogen-bond donors (Lipinski definition) is 2. The van der Waals surface area contributed by atoms with Crippen molar-refractivity contribution in [1.29, 1.82) is 0 Å². The highest BCUT2D eigenvalue weighted by Crippen LogP contribution is 2.21. The first kappa shape index (κ1) is 26.4. The smallest absolute Gasteiger partial charge is 0.434 e. The third-order valence-corrected chi connectivity index (χ3v) is 6.03. The zero-order valence-electron chi connectivity index (χ0n) is 21.0. The van der Waals surface area contributed by atoms with E-state index in [4.69, 9.17) is 9.47 Å². The molecule has 3 aromatic rings. The van der Waals surface area contributed by atoms with E-state index in [1.807, 2.05) is 36.4 Å². The van der Waals surface area contributed by atoms with Crippen LogP contribution in [0.5, 0.6) is 5.75 Å². The number of nitrogens with zero attached hydrogens (tertiary/aromatic N) is 1. The molecule has 1 fully saturated rings. The van der Waals surface area contributed by atoms with Crippen LogP contribution in [0.2, 0.25) is 0 Å². The lowest BCUT2D eigenvalue weighted by Crippen LogP contribution is -2.32. The Morgan fingerprint density at radius 1 is 0.947 bits per heavy atom. The van der Waals surface area contributed by atoms with Crippen molar-refractivity contribution in [3.63, 3.8) is 0 Å². The minimum Gasteiger partial charge on any atom is -0.434 e. The lowest BCUT2D eigenvalue weighted by molar-refractivity contribution is -0.129. The lowest BCUT2D eigenvalue weighted by atomic mass is 10.1. The standard InChI is InChI=1S/C29H29N3O6/c1-2-37-29(36)38-25-13-11-22(12-14-25)28(35)31-24-10-6-9-21(15-24)17-30-27(34)23-16-26(33)32(19-23)18-20-7-4-3-5-8-20/h3-15,23H,2,16-19H2,1H3,(H,30,34)(H,31,35). The number of rotatable bonds is 9. The number of amides is 3. The van der Waals surface area contributed by atoms with Crippen molar-refractivity contribution in [3.8, 4) is 5.75 Å². The van der Waals surface area contributed by atoms with Gasteiger partial charge in [0.15, 0.2) is 0 Å². The SMILES string of the molecule is CCOC(=O)Oc1ccc(C(=O)Nc2cccc(CNC(=O)C3CC(=O)N(Cc4ccccc4)C3)c2)cc1. The van der Waals surface area contributed by atoms with E-state index in [9.17, 15) is 19.2 Å². The molecule has 1 unspecified atom stereocenters. The maximum Gasteiger partial charge on any atom is 0.513 e. The summed E-state index contributed by atoms with van der Waals surface area (Å²) in [7, 11) is 0. The van der Waals surface area contributed by atoms with Crippen LogP contribution in [0.3, 0.4) is 0 Å². The van der Waals surface area contributed by atoms with Gasteiger partial charge >= 0.3 is 6.16 Å². The van der Waals surface area contributed by atoms with E-state index in [-0.39, 0.29) is 43.0 Å². The van der Waals surface area contributed by atoms with Crippen LogP contribution in [0.15, 0.2) is 78.9 Å². The van der Waals surface area contributed by atoms with Crippen molar-refractivity contribution in [2.45, 2.75) is 26.4 Å². The van der Waals surface area contributed by atoms with Crippen molar-refractivity contribution >= 4 is 29.6 Å². The lowest BCUT2D eigenvalue weighted by Gasteiger charge is -2.16. The molecule has 4 rings (SSSR count). The number of ether oxygens (including phenoxy) is 2. The Morgan fingerprint density at radius 2 is 1.68 bits per heavy atom. The summed E-state index contributed by atoms with van der Waals surface area (Å²) in [4.78, 5) is 50.9. The fraction of sp³-hybridized carbons (Fsp3) is 0.241. The molecule has 0 radical (unpaired) electrons. The summed E-state index contributed by atoms with van der Waals surface area (Å²) < 4.78 is 9.72. The van der Waals surface area contributed by atoms with Gasteiger partial charge in [-0.05, 0) is 54.4 Å². The van der Waals surface area contributed by atoms with Gasteiger partial charge in [0.1, 0.15) is 5.75 Å². The molecule has 9 heteroatoms. The number of benzene rings is 3. The minimum absolute atomic E-state index is 0.0285. The van der Waals surface area contributed by atoms with E-state index < -0.39 is 12.1 Å². The number of carbonyl (C=O) groups excluding carboxylic acids is 4. The number of nitrogens with one attached hydrogen (secondary N) is 2. The molecule has 2 N–H and O–H groups in total. The zero-order valence-corrected chi connectivity index (χ0v) is 21.0. The number of carbonyl (C=O) groups is 4. The molecular formula is C29H29N3O6. The van der Waals surface area contributed by atoms with Crippen LogP contribution >= 0.6 is 0 Å². The topological polar surface area (TPSA) is 114 Å². The Balaban J connectivity index is 1.27. The van der Waals surface area contributed by atoms with Crippen molar-refractivity contribution in [3.05, 3.63) is 95.6 Å². The van der Waals surface area contributed by atoms with Gasteiger partial charge in [0.25, 0.3) is 5.91 Å². The van der Waals surface area contributed by atoms with Crippen LogP contribution in [0.25, 0.3) is 0 Å². The summed E-state index contributed by atoms with van der Waals surface area (Å²) in [5.41, 5.74) is 2.78. The molecule has 1 aliphatic heterocycles. The van der Waals surface area contributed by atoms with Crippen LogP contribution in [-0.4, -0.2) is 41.9 Å². The van der Waals surface area contributed by atoms with E-state index >= 15 is 0 Å². The van der Waals surface area contributed by atoms with Gasteiger partial charge in [0, 0.05) is 37.3 Å². The van der Waals surface area contributed by atoms with Crippen LogP contribution in [0.4, 0.5) is 10.5 Å². The number of likely N-dealkylation sites (tertiary alicyclic amines) is 1. The molecule has 9 nitrogen and oxygen atoms in total. The maximum atomic E-state index is 12.7. The molecule has 1 aliphatic rings. The van der Waals surface area contributed by atoms with E-state index in [0.29, 0.717) is 24.3 Å². The van der Waals surface area contributed by atoms with Gasteiger partial charge in [-0.2, -0.15) is 0 Å². The third kappa shape index (κ3) is 7.19. The predicted octanol–water partition coefficient (Wildman–Crippen LogP) is 4.14. The van der Waals surface area contributed by atoms with Gasteiger partial charge in [-0.1, -0.05) is 42.5 Å². The second-order valence-corrected chi connectivity index (χ2v) is 8.84. The Morgan fingerprint density at radius 3 is 2.42 bits per heavy atom. The zero-order chi connectivity index (χ0) is 26.9. The molecule has 1 atom stereocenters. The maximum absolute atomic E-state index is 12.7. The van der Waals surface area contributed by atoms with Gasteiger partial charge in [0.05, 0.1) is 12.5 Å². The molecule has 0 saturated carbocycles. The second kappa shape index (κ2) is 12.5. The molecular weight excluding hydrogens is 486 g/mol. The molecule has 1 heterocycles. The summed E-state index contributed by atoms with van der Waals surface area (Å²) in [5, 5.41) is 5.73. The van der Waals surface area contributed by atoms with Crippen LogP contribution in [0.1, 0.15) is 34.8 Å². The Labute approximate surface area is 220 Å². The van der Waals surface area contributed by atoms with Crippen LogP contribution < -0.4 is 15.4 Å². The normalized spacial score (nSPS) is 14.6. The first-order valence-electron chi connectivity index (χ1n) is 12.4. The third-order valence-electron chi connectivity index (χ3n) is 6.03. The molecule has 3 amide bonds. The summed E-state index contributed by atoms with van der Waals surface area (Å²) >= 11 is 0. The summed E-state index contributed by atoms with van der Waals surface area (Å²) in [6, 6.07) is 22.9. The van der Waals surface area contributed by atoms with Gasteiger partial charge in [0.2, 0.25) is 11.8 Å². The molecule has 196 valence electrons. The highest BCUT2D eigenvalue weighted by molar-refractivity contribution is 6.04. The summed E-state index contributed by atoms with van der Waals surface area (Å²) in [6.45, 7) is 3.03. The van der Waals surface area contributed by atoms with Crippen molar-refractivity contribution < 1.29 is 28.7 Å². The summed E-state index contributed by atoms with van der Waals surface area (Å²) in [6.07, 6.45) is -0.615. The second-order valence-electron chi connectivity index (χ2n) is 8.84. The monoisotopic (exact) mass is 515 g/mol. The molecule has 38 heavy (non-hydrogen) atoms. The highest BCUT2D eigenvalue weighted by Gasteiger charge is 2.34. The molecule has 3 aromatic carbocycles. The van der Waals surface area contributed by atoms with Crippen molar-refractivity contribution in [2.75, 3.05) is 18.5 Å². The highest BCUT2D eigenvalue weighted by atomic mass is 16.7. The van der Waals surface area contributed by atoms with Crippen LogP contribution in [-0.2, 0) is 27.4 Å². The number of hydrogen-bond acceptors (Lipinski definition) is 6. The van der Waals surface area contributed by atoms with E-state index in [1.54, 1.807) is 30.0 Å². The minimum atomic E-state index is -0.808. The van der Waals surface area contributed by atoms with Crippen LogP contribution in [0, 0.1) is 5.92 Å².